The van der Waals surface area contributed by atoms with E-state index < -0.39 is 10.0 Å². The molecule has 3 aromatic carbocycles. The van der Waals surface area contributed by atoms with E-state index in [4.69, 9.17) is 21.1 Å². The molecule has 0 unspecified atom stereocenters. The minimum atomic E-state index is -3.63. The van der Waals surface area contributed by atoms with Crippen LogP contribution < -0.4 is 4.74 Å². The van der Waals surface area contributed by atoms with Crippen LogP contribution >= 0.6 is 11.6 Å². The van der Waals surface area contributed by atoms with Gasteiger partial charge < -0.3 is 9.47 Å². The summed E-state index contributed by atoms with van der Waals surface area (Å²) in [5, 5.41) is 0.694. The van der Waals surface area contributed by atoms with Crippen LogP contribution in [0.2, 0.25) is 5.02 Å². The van der Waals surface area contributed by atoms with Gasteiger partial charge in [-0.15, -0.1) is 0 Å². The molecular weight excluding hydrogens is 446 g/mol. The molecule has 0 N–H and O–H groups in total. The van der Waals surface area contributed by atoms with Crippen molar-refractivity contribution in [1.29, 1.82) is 0 Å². The van der Waals surface area contributed by atoms with Crippen LogP contribution in [0.3, 0.4) is 0 Å². The summed E-state index contributed by atoms with van der Waals surface area (Å²) in [6, 6.07) is 18.6. The third-order valence-electron chi connectivity index (χ3n) is 5.64. The van der Waals surface area contributed by atoms with E-state index in [-0.39, 0.29) is 6.54 Å². The van der Waals surface area contributed by atoms with Crippen LogP contribution in [-0.2, 0) is 34.5 Å². The first-order chi connectivity index (χ1) is 15.3. The number of nitrogens with zero attached hydrogens (tertiary/aromatic N) is 1. The van der Waals surface area contributed by atoms with Gasteiger partial charge in [0.1, 0.15) is 12.4 Å². The van der Waals surface area contributed by atoms with Crippen molar-refractivity contribution in [2.24, 2.45) is 0 Å². The van der Waals surface area contributed by atoms with Crippen molar-refractivity contribution in [2.75, 3.05) is 13.2 Å². The maximum atomic E-state index is 13.3. The Balaban J connectivity index is 1.49. The first-order valence-electron chi connectivity index (χ1n) is 10.5. The Morgan fingerprint density at radius 2 is 1.66 bits per heavy atom. The van der Waals surface area contributed by atoms with Gasteiger partial charge in [0.15, 0.2) is 0 Å². The largest absolute Gasteiger partial charge is 0.492 e. The van der Waals surface area contributed by atoms with Gasteiger partial charge in [-0.05, 0) is 72.5 Å². The smallest absolute Gasteiger partial charge is 0.243 e. The van der Waals surface area contributed by atoms with E-state index in [9.17, 15) is 8.42 Å². The lowest BCUT2D eigenvalue weighted by atomic mass is 10.1. The number of ether oxygens (including phenoxy) is 2. The van der Waals surface area contributed by atoms with Crippen LogP contribution in [0.25, 0.3) is 0 Å². The molecule has 1 aliphatic heterocycles. The third-order valence-corrected chi connectivity index (χ3v) is 7.73. The normalized spacial score (nSPS) is 14.5. The fourth-order valence-corrected chi connectivity index (χ4v) is 5.22. The van der Waals surface area contributed by atoms with Crippen LogP contribution in [-0.4, -0.2) is 25.9 Å². The van der Waals surface area contributed by atoms with Gasteiger partial charge in [-0.25, -0.2) is 8.42 Å². The standard InChI is InChI=1S/C25H26ClNO4S/c1-18-3-9-24(13-19(18)2)32(28,29)27-11-12-31-25-10-6-21(14-22(25)15-27)17-30-16-20-4-7-23(26)8-5-20/h3-10,13-14H,11-12,15-17H2,1-2H3. The highest BCUT2D eigenvalue weighted by Gasteiger charge is 2.28. The molecule has 0 bridgehead atoms. The first kappa shape index (κ1) is 22.8. The number of halogens is 1. The molecule has 5 nitrogen and oxygen atoms in total. The lowest BCUT2D eigenvalue weighted by Gasteiger charge is -2.20. The zero-order valence-electron chi connectivity index (χ0n) is 18.2. The quantitative estimate of drug-likeness (QED) is 0.492. The number of hydrogen-bond acceptors (Lipinski definition) is 4. The maximum absolute atomic E-state index is 13.3. The molecule has 0 spiro atoms. The molecule has 7 heteroatoms. The van der Waals surface area contributed by atoms with Gasteiger partial charge in [-0.3, -0.25) is 0 Å². The van der Waals surface area contributed by atoms with Crippen molar-refractivity contribution in [2.45, 2.75) is 38.5 Å². The van der Waals surface area contributed by atoms with Crippen LogP contribution in [0.5, 0.6) is 5.75 Å². The molecule has 0 saturated carbocycles. The van der Waals surface area contributed by atoms with Crippen LogP contribution in [0.4, 0.5) is 0 Å². The number of rotatable bonds is 6. The van der Waals surface area contributed by atoms with Crippen LogP contribution in [0.1, 0.15) is 27.8 Å². The lowest BCUT2D eigenvalue weighted by molar-refractivity contribution is 0.107. The summed E-state index contributed by atoms with van der Waals surface area (Å²) in [6.45, 7) is 5.65. The summed E-state index contributed by atoms with van der Waals surface area (Å²) in [6.07, 6.45) is 0. The average molecular weight is 472 g/mol. The van der Waals surface area contributed by atoms with Gasteiger partial charge >= 0.3 is 0 Å². The van der Waals surface area contributed by atoms with E-state index >= 15 is 0 Å². The van der Waals surface area contributed by atoms with E-state index in [0.717, 1.165) is 27.8 Å². The zero-order valence-corrected chi connectivity index (χ0v) is 19.7. The molecule has 0 atom stereocenters. The van der Waals surface area contributed by atoms with Crippen molar-refractivity contribution >= 4 is 21.6 Å². The number of fused-ring (bicyclic) bond motifs is 1. The summed E-state index contributed by atoms with van der Waals surface area (Å²) in [4.78, 5) is 0.312. The lowest BCUT2D eigenvalue weighted by Crippen LogP contribution is -2.32. The van der Waals surface area contributed by atoms with Crippen molar-refractivity contribution in [3.63, 3.8) is 0 Å². The Kier molecular flexibility index (Phi) is 6.86. The van der Waals surface area contributed by atoms with Crippen LogP contribution in [0.15, 0.2) is 65.6 Å². The fourth-order valence-electron chi connectivity index (χ4n) is 3.61. The predicted molar refractivity (Wildman–Crippen MR) is 125 cm³/mol. The van der Waals surface area contributed by atoms with E-state index in [0.29, 0.717) is 42.0 Å². The SMILES string of the molecule is Cc1ccc(S(=O)(=O)N2CCOc3ccc(COCc4ccc(Cl)cc4)cc3C2)cc1C. The van der Waals surface area contributed by atoms with Crippen molar-refractivity contribution in [1.82, 2.24) is 4.31 Å². The number of hydrogen-bond donors (Lipinski definition) is 0. The van der Waals surface area contributed by atoms with Crippen molar-refractivity contribution in [3.05, 3.63) is 93.5 Å². The second-order valence-electron chi connectivity index (χ2n) is 7.99. The minimum Gasteiger partial charge on any atom is -0.492 e. The zero-order chi connectivity index (χ0) is 22.7. The highest BCUT2D eigenvalue weighted by atomic mass is 35.5. The van der Waals surface area contributed by atoms with E-state index in [1.807, 2.05) is 62.4 Å². The molecule has 0 aliphatic carbocycles. The van der Waals surface area contributed by atoms with Gasteiger partial charge in [0.25, 0.3) is 0 Å². The predicted octanol–water partition coefficient (Wildman–Crippen LogP) is 5.26. The van der Waals surface area contributed by atoms with Gasteiger partial charge in [0, 0.05) is 23.7 Å². The van der Waals surface area contributed by atoms with Gasteiger partial charge in [0.05, 0.1) is 18.1 Å². The summed E-state index contributed by atoms with van der Waals surface area (Å²) in [5.74, 6) is 0.712. The molecule has 0 aromatic heterocycles. The highest BCUT2D eigenvalue weighted by molar-refractivity contribution is 7.89. The molecule has 0 radical (unpaired) electrons. The summed E-state index contributed by atoms with van der Waals surface area (Å²) in [5.41, 5.74) is 4.86. The molecule has 168 valence electrons. The molecule has 3 aromatic rings. The maximum Gasteiger partial charge on any atom is 0.243 e. The van der Waals surface area contributed by atoms with Gasteiger partial charge in [-0.1, -0.05) is 35.9 Å². The molecule has 1 aliphatic rings. The van der Waals surface area contributed by atoms with E-state index in [1.54, 1.807) is 12.1 Å². The molecule has 4 rings (SSSR count). The van der Waals surface area contributed by atoms with Crippen molar-refractivity contribution < 1.29 is 17.9 Å². The van der Waals surface area contributed by atoms with Crippen molar-refractivity contribution in [3.8, 4) is 5.75 Å². The average Bonchev–Trinajstić information content (AvgIpc) is 2.99. The Morgan fingerprint density at radius 1 is 0.938 bits per heavy atom. The molecule has 1 heterocycles. The fraction of sp³-hybridized carbons (Fsp3) is 0.280. The molecule has 32 heavy (non-hydrogen) atoms. The van der Waals surface area contributed by atoms with E-state index in [2.05, 4.69) is 0 Å². The minimum absolute atomic E-state index is 0.260. The molecular formula is C25H26ClNO4S. The van der Waals surface area contributed by atoms with Gasteiger partial charge in [-0.2, -0.15) is 4.31 Å². The summed E-state index contributed by atoms with van der Waals surface area (Å²) in [7, 11) is -3.63. The third kappa shape index (κ3) is 5.15. The van der Waals surface area contributed by atoms with Gasteiger partial charge in [0.2, 0.25) is 10.0 Å². The first-order valence-corrected chi connectivity index (χ1v) is 12.3. The monoisotopic (exact) mass is 471 g/mol. The second-order valence-corrected chi connectivity index (χ2v) is 10.4. The Morgan fingerprint density at radius 3 is 2.41 bits per heavy atom. The second kappa shape index (κ2) is 9.63. The Bertz CT molecular complexity index is 1210. The number of aryl methyl sites for hydroxylation is 2. The Hall–Kier alpha value is -2.38. The summed E-state index contributed by atoms with van der Waals surface area (Å²) < 4.78 is 39.7. The van der Waals surface area contributed by atoms with E-state index in [1.165, 1.54) is 4.31 Å². The highest BCUT2D eigenvalue weighted by Crippen LogP contribution is 2.28. The molecule has 0 fully saturated rings. The topological polar surface area (TPSA) is 55.8 Å². The summed E-state index contributed by atoms with van der Waals surface area (Å²) >= 11 is 5.92. The van der Waals surface area contributed by atoms with Crippen LogP contribution in [0, 0.1) is 13.8 Å². The molecule has 0 amide bonds. The Labute approximate surface area is 194 Å². The molecule has 0 saturated heterocycles. The number of benzene rings is 3. The number of sulfonamides is 1.